The molecule has 2 N–H and O–H groups in total. The number of amides is 2. The van der Waals surface area contributed by atoms with Gasteiger partial charge in [0.05, 0.1) is 11.8 Å². The number of carbonyl (C=O) groups excluding carboxylic acids is 1. The molecule has 5 heteroatoms. The minimum Gasteiger partial charge on any atom is -0.388 e. The van der Waals surface area contributed by atoms with Gasteiger partial charge in [0.2, 0.25) is 0 Å². The average Bonchev–Trinajstić information content (AvgIpc) is 2.51. The SMILES string of the molecule is Cc1cccc2c1N(C(=O)Nc1ccc(Cl)cc1)CCC2O. The van der Waals surface area contributed by atoms with Gasteiger partial charge in [-0.1, -0.05) is 29.8 Å². The van der Waals surface area contributed by atoms with E-state index in [1.165, 1.54) is 0 Å². The molecule has 1 heterocycles. The second-order valence-corrected chi connectivity index (χ2v) is 5.84. The molecule has 2 aromatic carbocycles. The van der Waals surface area contributed by atoms with Crippen LogP contribution in [-0.2, 0) is 0 Å². The molecular weight excluding hydrogens is 300 g/mol. The van der Waals surface area contributed by atoms with Crippen LogP contribution in [0.4, 0.5) is 16.2 Å². The van der Waals surface area contributed by atoms with Crippen molar-refractivity contribution in [2.24, 2.45) is 0 Å². The lowest BCUT2D eigenvalue weighted by atomic mass is 9.96. The lowest BCUT2D eigenvalue weighted by molar-refractivity contribution is 0.164. The molecule has 0 radical (unpaired) electrons. The Kier molecular flexibility index (Phi) is 4.05. The fourth-order valence-corrected chi connectivity index (χ4v) is 2.89. The Labute approximate surface area is 134 Å². The Balaban J connectivity index is 1.88. The summed E-state index contributed by atoms with van der Waals surface area (Å²) in [5.41, 5.74) is 3.27. The number of aryl methyl sites for hydroxylation is 1. The topological polar surface area (TPSA) is 52.6 Å². The molecule has 0 bridgehead atoms. The quantitative estimate of drug-likeness (QED) is 0.831. The molecule has 1 aliphatic heterocycles. The second-order valence-electron chi connectivity index (χ2n) is 5.41. The van der Waals surface area contributed by atoms with Gasteiger partial charge < -0.3 is 10.4 Å². The van der Waals surface area contributed by atoms with Crippen molar-refractivity contribution in [3.05, 3.63) is 58.6 Å². The van der Waals surface area contributed by atoms with Gasteiger partial charge in [0.25, 0.3) is 0 Å². The Hall–Kier alpha value is -2.04. The number of nitrogens with zero attached hydrogens (tertiary/aromatic N) is 1. The number of para-hydroxylation sites is 1. The number of benzene rings is 2. The van der Waals surface area contributed by atoms with Crippen molar-refractivity contribution in [1.82, 2.24) is 0 Å². The third-order valence-corrected chi connectivity index (χ3v) is 4.12. The van der Waals surface area contributed by atoms with E-state index in [4.69, 9.17) is 11.6 Å². The highest BCUT2D eigenvalue weighted by Crippen LogP contribution is 2.36. The summed E-state index contributed by atoms with van der Waals surface area (Å²) >= 11 is 5.85. The summed E-state index contributed by atoms with van der Waals surface area (Å²) in [4.78, 5) is 14.3. The number of rotatable bonds is 1. The first-order chi connectivity index (χ1) is 10.6. The Morgan fingerprint density at radius 1 is 1.27 bits per heavy atom. The Bertz CT molecular complexity index is 700. The third kappa shape index (κ3) is 2.80. The van der Waals surface area contributed by atoms with Crippen molar-refractivity contribution >= 4 is 29.0 Å². The van der Waals surface area contributed by atoms with Crippen LogP contribution >= 0.6 is 11.6 Å². The number of halogens is 1. The molecule has 2 aromatic rings. The van der Waals surface area contributed by atoms with Gasteiger partial charge in [-0.05, 0) is 43.2 Å². The first kappa shape index (κ1) is 14.9. The normalized spacial score (nSPS) is 17.0. The van der Waals surface area contributed by atoms with Gasteiger partial charge in [0.15, 0.2) is 0 Å². The van der Waals surface area contributed by atoms with Crippen molar-refractivity contribution in [3.63, 3.8) is 0 Å². The largest absolute Gasteiger partial charge is 0.388 e. The summed E-state index contributed by atoms with van der Waals surface area (Å²) in [5, 5.41) is 13.6. The summed E-state index contributed by atoms with van der Waals surface area (Å²) in [6.07, 6.45) is 0.0132. The molecule has 0 aromatic heterocycles. The molecule has 4 nitrogen and oxygen atoms in total. The maximum atomic E-state index is 12.6. The number of fused-ring (bicyclic) bond motifs is 1. The molecule has 114 valence electrons. The fraction of sp³-hybridized carbons (Fsp3) is 0.235. The van der Waals surface area contributed by atoms with Crippen LogP contribution < -0.4 is 10.2 Å². The summed E-state index contributed by atoms with van der Waals surface area (Å²) in [6, 6.07) is 12.5. The number of nitrogens with one attached hydrogen (secondary N) is 1. The predicted molar refractivity (Wildman–Crippen MR) is 88.6 cm³/mol. The van der Waals surface area contributed by atoms with E-state index in [1.807, 2.05) is 25.1 Å². The van der Waals surface area contributed by atoms with Crippen molar-refractivity contribution in [3.8, 4) is 0 Å². The maximum Gasteiger partial charge on any atom is 0.326 e. The van der Waals surface area contributed by atoms with Crippen molar-refractivity contribution in [2.75, 3.05) is 16.8 Å². The Morgan fingerprint density at radius 3 is 2.73 bits per heavy atom. The summed E-state index contributed by atoms with van der Waals surface area (Å²) in [5.74, 6) is 0. The zero-order valence-electron chi connectivity index (χ0n) is 12.2. The number of anilines is 2. The van der Waals surface area contributed by atoms with E-state index >= 15 is 0 Å². The van der Waals surface area contributed by atoms with Crippen LogP contribution in [0, 0.1) is 6.92 Å². The molecule has 1 aliphatic rings. The van der Waals surface area contributed by atoms with Crippen LogP contribution in [0.3, 0.4) is 0 Å². The van der Waals surface area contributed by atoms with E-state index in [2.05, 4.69) is 5.32 Å². The summed E-state index contributed by atoms with van der Waals surface area (Å²) < 4.78 is 0. The molecule has 0 fully saturated rings. The zero-order valence-corrected chi connectivity index (χ0v) is 13.0. The van der Waals surface area contributed by atoms with Crippen molar-refractivity contribution in [2.45, 2.75) is 19.4 Å². The van der Waals surface area contributed by atoms with E-state index in [0.717, 1.165) is 16.8 Å². The lowest BCUT2D eigenvalue weighted by Crippen LogP contribution is -2.40. The molecule has 2 amide bonds. The van der Waals surface area contributed by atoms with Crippen molar-refractivity contribution < 1.29 is 9.90 Å². The Morgan fingerprint density at radius 2 is 2.00 bits per heavy atom. The molecular formula is C17H17ClN2O2. The van der Waals surface area contributed by atoms with Crippen molar-refractivity contribution in [1.29, 1.82) is 0 Å². The average molecular weight is 317 g/mol. The van der Waals surface area contributed by atoms with Crippen LogP contribution in [0.1, 0.15) is 23.7 Å². The van der Waals surface area contributed by atoms with E-state index in [-0.39, 0.29) is 6.03 Å². The molecule has 0 saturated heterocycles. The maximum absolute atomic E-state index is 12.6. The number of urea groups is 1. The smallest absolute Gasteiger partial charge is 0.326 e. The fourth-order valence-electron chi connectivity index (χ4n) is 2.77. The standard InChI is InChI=1S/C17H17ClN2O2/c1-11-3-2-4-14-15(21)9-10-20(16(11)14)17(22)19-13-7-5-12(18)6-8-13/h2-8,15,21H,9-10H2,1H3,(H,19,22). The molecule has 3 rings (SSSR count). The van der Waals surface area contributed by atoms with E-state index in [9.17, 15) is 9.90 Å². The highest BCUT2D eigenvalue weighted by molar-refractivity contribution is 6.30. The third-order valence-electron chi connectivity index (χ3n) is 3.86. The van der Waals surface area contributed by atoms with Gasteiger partial charge in [-0.25, -0.2) is 4.79 Å². The van der Waals surface area contributed by atoms with Crippen LogP contribution in [-0.4, -0.2) is 17.7 Å². The van der Waals surface area contributed by atoms with Gasteiger partial charge in [0, 0.05) is 22.8 Å². The van der Waals surface area contributed by atoms with Gasteiger partial charge in [-0.15, -0.1) is 0 Å². The minimum atomic E-state index is -0.519. The molecule has 1 unspecified atom stereocenters. The number of hydrogen-bond donors (Lipinski definition) is 2. The van der Waals surface area contributed by atoms with E-state index < -0.39 is 6.10 Å². The molecule has 0 aliphatic carbocycles. The van der Waals surface area contributed by atoms with Gasteiger partial charge in [-0.3, -0.25) is 4.90 Å². The highest BCUT2D eigenvalue weighted by Gasteiger charge is 2.28. The first-order valence-electron chi connectivity index (χ1n) is 7.18. The number of aliphatic hydroxyl groups excluding tert-OH is 1. The molecule has 0 spiro atoms. The summed E-state index contributed by atoms with van der Waals surface area (Å²) in [7, 11) is 0. The van der Waals surface area contributed by atoms with E-state index in [1.54, 1.807) is 29.2 Å². The predicted octanol–water partition coefficient (Wildman–Crippen LogP) is 4.12. The van der Waals surface area contributed by atoms with Gasteiger partial charge in [-0.2, -0.15) is 0 Å². The molecule has 1 atom stereocenters. The second kappa shape index (κ2) is 5.99. The zero-order chi connectivity index (χ0) is 15.7. The molecule has 0 saturated carbocycles. The highest BCUT2D eigenvalue weighted by atomic mass is 35.5. The first-order valence-corrected chi connectivity index (χ1v) is 7.56. The summed E-state index contributed by atoms with van der Waals surface area (Å²) in [6.45, 7) is 2.43. The van der Waals surface area contributed by atoms with E-state index in [0.29, 0.717) is 23.7 Å². The van der Waals surface area contributed by atoms with Crippen LogP contribution in [0.15, 0.2) is 42.5 Å². The van der Waals surface area contributed by atoms with Crippen LogP contribution in [0.25, 0.3) is 0 Å². The minimum absolute atomic E-state index is 0.204. The molecule has 22 heavy (non-hydrogen) atoms. The van der Waals surface area contributed by atoms with Crippen LogP contribution in [0.5, 0.6) is 0 Å². The number of aliphatic hydroxyl groups is 1. The number of carbonyl (C=O) groups is 1. The van der Waals surface area contributed by atoms with Gasteiger partial charge in [0.1, 0.15) is 0 Å². The van der Waals surface area contributed by atoms with Crippen LogP contribution in [0.2, 0.25) is 5.02 Å². The lowest BCUT2D eigenvalue weighted by Gasteiger charge is -2.33. The van der Waals surface area contributed by atoms with Gasteiger partial charge >= 0.3 is 6.03 Å². The number of hydrogen-bond acceptors (Lipinski definition) is 2. The monoisotopic (exact) mass is 316 g/mol.